The van der Waals surface area contributed by atoms with E-state index in [0.29, 0.717) is 10.1 Å². The number of hydrogen-bond donors (Lipinski definition) is 0. The van der Waals surface area contributed by atoms with E-state index in [4.69, 9.17) is 4.46 Å². The van der Waals surface area contributed by atoms with Gasteiger partial charge in [-0.25, -0.2) is 0 Å². The van der Waals surface area contributed by atoms with Gasteiger partial charge in [0, 0.05) is 0 Å². The molecule has 0 aliphatic heterocycles. The first kappa shape index (κ1) is 17.0. The van der Waals surface area contributed by atoms with Crippen LogP contribution in [0.5, 0.6) is 0 Å². The molecule has 0 radical (unpaired) electrons. The van der Waals surface area contributed by atoms with E-state index in [0.717, 1.165) is 0 Å². The van der Waals surface area contributed by atoms with Crippen molar-refractivity contribution in [3.63, 3.8) is 0 Å². The van der Waals surface area contributed by atoms with Gasteiger partial charge < -0.3 is 7.32 Å². The van der Waals surface area contributed by atoms with Crippen LogP contribution in [0.2, 0.25) is 0 Å². The topological polar surface area (TPSA) is 17.1 Å². The summed E-state index contributed by atoms with van der Waals surface area (Å²) in [5, 5.41) is 0. The molecule has 0 heterocycles. The van der Waals surface area contributed by atoms with Crippen LogP contribution in [-0.4, -0.2) is 65.2 Å². The second kappa shape index (κ2) is 21.3. The van der Waals surface area contributed by atoms with Crippen LogP contribution < -0.4 is 0 Å². The third-order valence-corrected chi connectivity index (χ3v) is 0. The minimum Gasteiger partial charge on any atom is -1.00 e. The zero-order chi connectivity index (χ0) is 2.00. The van der Waals surface area contributed by atoms with Crippen LogP contribution in [0.4, 0.5) is 0 Å². The largest absolute Gasteiger partial charge is 2.00 e. The van der Waals surface area contributed by atoms with Crippen LogP contribution in [0.25, 0.3) is 0 Å². The molecule has 0 aromatic heterocycles. The quantitative estimate of drug-likeness (QED) is 0.325. The SMILES string of the molecule is O=[SiH2].[AlH3].[Ca+2].[H-].[H-]. The molecule has 0 saturated carbocycles. The number of rotatable bonds is 0. The molecule has 0 saturated heterocycles. The molecule has 0 aliphatic rings. The van der Waals surface area contributed by atoms with E-state index in [2.05, 4.69) is 0 Å². The van der Waals surface area contributed by atoms with Crippen molar-refractivity contribution in [1.82, 2.24) is 0 Å². The fraction of sp³-hybridized carbons (Fsp3) is 0. The standard InChI is InChI=1S/Al.Ca.H2OSi.5H/c;;1-2;;;;;/h;;2H2;;;;;/q;+2;;;;;2*-1. The molecule has 22 valence electrons. The average molecular weight is 118 g/mol. The van der Waals surface area contributed by atoms with E-state index in [1.165, 1.54) is 0 Å². The van der Waals surface area contributed by atoms with Crippen molar-refractivity contribution < 1.29 is 7.32 Å². The molecule has 0 unspecified atom stereocenters. The zero-order valence-electron chi connectivity index (χ0n) is 3.82. The molecule has 4 heavy (non-hydrogen) atoms. The maximum absolute atomic E-state index is 8.28. The predicted octanol–water partition coefficient (Wildman–Crippen LogP) is -2.37. The Labute approximate surface area is 71.7 Å². The second-order valence-corrected chi connectivity index (χ2v) is 0. The third kappa shape index (κ3) is 9.18. The van der Waals surface area contributed by atoms with Gasteiger partial charge in [-0.3, -0.25) is 0 Å². The normalized spacial score (nSPS) is 1.00. The van der Waals surface area contributed by atoms with Crippen LogP contribution in [0.15, 0.2) is 0 Å². The molecule has 0 rings (SSSR count). The molecule has 1 nitrogen and oxygen atoms in total. The van der Waals surface area contributed by atoms with Crippen LogP contribution in [0.1, 0.15) is 2.85 Å². The minimum atomic E-state index is 0. The molecule has 0 spiro atoms. The van der Waals surface area contributed by atoms with Gasteiger partial charge >= 0.3 is 37.7 Å². The Bertz CT molecular complexity index is 13.5. The molecule has 0 N–H and O–H groups in total. The second-order valence-electron chi connectivity index (χ2n) is 0. The molecule has 0 aromatic rings. The maximum atomic E-state index is 8.28. The summed E-state index contributed by atoms with van der Waals surface area (Å²) in [4.78, 5) is 0. The van der Waals surface area contributed by atoms with Crippen molar-refractivity contribution in [3.05, 3.63) is 0 Å². The summed E-state index contributed by atoms with van der Waals surface area (Å²) in [7, 11) is 0.611. The Morgan fingerprint density at radius 3 is 1.50 bits per heavy atom. The monoisotopic (exact) mass is 118 g/mol. The molecule has 0 amide bonds. The Morgan fingerprint density at radius 2 is 1.50 bits per heavy atom. The Morgan fingerprint density at radius 1 is 1.50 bits per heavy atom. The Kier molecular flexibility index (Phi) is 90.7. The molecular weight excluding hydrogens is 111 g/mol. The van der Waals surface area contributed by atoms with E-state index < -0.39 is 0 Å². The fourth-order valence-electron chi connectivity index (χ4n) is 0. The summed E-state index contributed by atoms with van der Waals surface area (Å²) in [5.74, 6) is 0. The first-order valence-electron chi connectivity index (χ1n) is 0.289. The van der Waals surface area contributed by atoms with E-state index in [1.54, 1.807) is 0 Å². The van der Waals surface area contributed by atoms with Crippen LogP contribution in [-0.2, 0) is 4.46 Å². The van der Waals surface area contributed by atoms with Crippen molar-refractivity contribution in [3.8, 4) is 0 Å². The van der Waals surface area contributed by atoms with Crippen LogP contribution in [0.3, 0.4) is 0 Å². The number of hydrogen-bond acceptors (Lipinski definition) is 1. The summed E-state index contributed by atoms with van der Waals surface area (Å²) in [6.45, 7) is 0. The average Bonchev–Trinajstić information content (AvgIpc) is 1.00. The first-order chi connectivity index (χ1) is 1.00. The zero-order valence-corrected chi connectivity index (χ0v) is 5.45. The van der Waals surface area contributed by atoms with Gasteiger partial charge in [0.1, 0.15) is 0 Å². The van der Waals surface area contributed by atoms with Gasteiger partial charge in [-0.15, -0.1) is 0 Å². The van der Waals surface area contributed by atoms with Crippen molar-refractivity contribution in [1.29, 1.82) is 0 Å². The Balaban J connectivity index is -0.000000000833. The van der Waals surface area contributed by atoms with Gasteiger partial charge in [-0.2, -0.15) is 0 Å². The molecule has 4 heteroatoms. The smallest absolute Gasteiger partial charge is 1.00 e. The summed E-state index contributed by atoms with van der Waals surface area (Å²) in [5.41, 5.74) is 0. The van der Waals surface area contributed by atoms with E-state index in [9.17, 15) is 0 Å². The van der Waals surface area contributed by atoms with E-state index >= 15 is 0 Å². The van der Waals surface area contributed by atoms with Crippen molar-refractivity contribution in [2.45, 2.75) is 0 Å². The van der Waals surface area contributed by atoms with Crippen LogP contribution >= 0.6 is 0 Å². The molecule has 0 fully saturated rings. The summed E-state index contributed by atoms with van der Waals surface area (Å²) >= 11 is 0. The molecule has 0 bridgehead atoms. The minimum absolute atomic E-state index is 0. The van der Waals surface area contributed by atoms with E-state index in [-0.39, 0.29) is 58.0 Å². The molecule has 0 atom stereocenters. The van der Waals surface area contributed by atoms with Crippen molar-refractivity contribution in [2.75, 3.05) is 0 Å². The Hall–Kier alpha value is 1.81. The van der Waals surface area contributed by atoms with Crippen molar-refractivity contribution >= 4 is 65.2 Å². The first-order valence-corrected chi connectivity index (χ1v) is 0.866. The van der Waals surface area contributed by atoms with Gasteiger partial charge in [-0.05, 0) is 0 Å². The van der Waals surface area contributed by atoms with Gasteiger partial charge in [0.25, 0.3) is 0 Å². The predicted molar refractivity (Wildman–Crippen MR) is 27.1 cm³/mol. The van der Waals surface area contributed by atoms with Crippen molar-refractivity contribution in [2.24, 2.45) is 0 Å². The van der Waals surface area contributed by atoms with Gasteiger partial charge in [0.15, 0.2) is 17.4 Å². The maximum Gasteiger partial charge on any atom is 2.00 e. The molecular formula is H7AlCaOSi. The molecule has 0 aromatic carbocycles. The van der Waals surface area contributed by atoms with E-state index in [1.807, 2.05) is 0 Å². The summed E-state index contributed by atoms with van der Waals surface area (Å²) in [6.07, 6.45) is 0. The van der Waals surface area contributed by atoms with Gasteiger partial charge in [-0.1, -0.05) is 0 Å². The van der Waals surface area contributed by atoms with Gasteiger partial charge in [0.2, 0.25) is 10.1 Å². The summed E-state index contributed by atoms with van der Waals surface area (Å²) < 4.78 is 8.28. The van der Waals surface area contributed by atoms with Gasteiger partial charge in [0.05, 0.1) is 0 Å². The molecule has 0 aliphatic carbocycles. The third-order valence-electron chi connectivity index (χ3n) is 0. The summed E-state index contributed by atoms with van der Waals surface area (Å²) in [6, 6.07) is 0. The fourth-order valence-corrected chi connectivity index (χ4v) is 0. The van der Waals surface area contributed by atoms with Crippen LogP contribution in [0, 0.1) is 0 Å².